The predicted molar refractivity (Wildman–Crippen MR) is 137 cm³/mol. The number of aldehydes is 1. The Morgan fingerprint density at radius 1 is 1.14 bits per heavy atom. The summed E-state index contributed by atoms with van der Waals surface area (Å²) in [6, 6.07) is 9.22. The van der Waals surface area contributed by atoms with Crippen LogP contribution in [0.2, 0.25) is 0 Å². The van der Waals surface area contributed by atoms with Crippen LogP contribution in [0.25, 0.3) is 28.1 Å². The summed E-state index contributed by atoms with van der Waals surface area (Å²) in [4.78, 5) is 21.2. The molecule has 0 N–H and O–H groups in total. The maximum absolute atomic E-state index is 13.0. The maximum atomic E-state index is 13.0. The number of aromatic nitrogens is 4. The van der Waals surface area contributed by atoms with Gasteiger partial charge in [-0.3, -0.25) is 9.20 Å². The second-order valence-electron chi connectivity index (χ2n) is 9.61. The van der Waals surface area contributed by atoms with Crippen LogP contribution in [0.1, 0.15) is 35.3 Å². The first-order valence-corrected chi connectivity index (χ1v) is 13.5. The molecule has 4 aromatic rings. The summed E-state index contributed by atoms with van der Waals surface area (Å²) in [5, 5.41) is 0.925. The standard InChI is InChI=1S/C25H28N6O4S/c1-16-24(26-22-11-18(15-32)12-23(35-3)31(16)22)20-13-19-7-8-21(27-25(19)29(20)14-17-5-6-17)30-10-4-9-28(2)36(30,33)34/h7-8,11-13,15,17H,4-6,9-10,14H2,1-3H3. The zero-order chi connectivity index (χ0) is 25.2. The summed E-state index contributed by atoms with van der Waals surface area (Å²) in [6.07, 6.45) is 3.85. The van der Waals surface area contributed by atoms with Crippen molar-refractivity contribution in [1.82, 2.24) is 23.2 Å². The van der Waals surface area contributed by atoms with E-state index in [1.54, 1.807) is 32.4 Å². The minimum Gasteiger partial charge on any atom is -0.482 e. The molecule has 1 aliphatic carbocycles. The molecule has 0 amide bonds. The highest BCUT2D eigenvalue weighted by atomic mass is 32.2. The average Bonchev–Trinajstić information content (AvgIpc) is 3.54. The van der Waals surface area contributed by atoms with Gasteiger partial charge < -0.3 is 9.30 Å². The highest BCUT2D eigenvalue weighted by Gasteiger charge is 2.33. The first kappa shape index (κ1) is 23.0. The lowest BCUT2D eigenvalue weighted by Crippen LogP contribution is -2.48. The van der Waals surface area contributed by atoms with Gasteiger partial charge in [0.05, 0.1) is 18.5 Å². The molecule has 36 heavy (non-hydrogen) atoms. The van der Waals surface area contributed by atoms with E-state index in [4.69, 9.17) is 14.7 Å². The molecule has 1 saturated heterocycles. The number of carbonyl (C=O) groups excluding carboxylic acids is 1. The number of anilines is 1. The van der Waals surface area contributed by atoms with E-state index >= 15 is 0 Å². The van der Waals surface area contributed by atoms with Gasteiger partial charge in [0.2, 0.25) is 0 Å². The number of rotatable bonds is 6. The molecule has 4 aromatic heterocycles. The van der Waals surface area contributed by atoms with Gasteiger partial charge in [0.15, 0.2) is 5.88 Å². The molecule has 0 aromatic carbocycles. The Morgan fingerprint density at radius 2 is 1.94 bits per heavy atom. The van der Waals surface area contributed by atoms with Gasteiger partial charge in [0, 0.05) is 43.7 Å². The Bertz CT molecular complexity index is 1620. The largest absolute Gasteiger partial charge is 0.482 e. The normalized spacial score (nSPS) is 18.2. The molecule has 0 bridgehead atoms. The smallest absolute Gasteiger partial charge is 0.305 e. The fraction of sp³-hybridized carbons (Fsp3) is 0.400. The molecule has 2 fully saturated rings. The number of pyridine rings is 2. The van der Waals surface area contributed by atoms with E-state index in [1.165, 1.54) is 8.61 Å². The molecule has 0 radical (unpaired) electrons. The molecule has 11 heteroatoms. The van der Waals surface area contributed by atoms with Crippen LogP contribution >= 0.6 is 0 Å². The van der Waals surface area contributed by atoms with E-state index in [2.05, 4.69) is 10.6 Å². The van der Waals surface area contributed by atoms with E-state index in [1.807, 2.05) is 17.4 Å². The quantitative estimate of drug-likeness (QED) is 0.371. The lowest BCUT2D eigenvalue weighted by Gasteiger charge is -2.33. The first-order valence-electron chi connectivity index (χ1n) is 12.1. The third-order valence-corrected chi connectivity index (χ3v) is 9.05. The molecule has 2 aliphatic rings. The van der Waals surface area contributed by atoms with E-state index < -0.39 is 10.2 Å². The maximum Gasteiger partial charge on any atom is 0.305 e. The van der Waals surface area contributed by atoms with Crippen LogP contribution in [0, 0.1) is 12.8 Å². The summed E-state index contributed by atoms with van der Waals surface area (Å²) >= 11 is 0. The Labute approximate surface area is 209 Å². The number of methoxy groups -OCH3 is 1. The van der Waals surface area contributed by atoms with Crippen molar-refractivity contribution < 1.29 is 17.9 Å². The molecule has 6 rings (SSSR count). The molecule has 1 saturated carbocycles. The van der Waals surface area contributed by atoms with Gasteiger partial charge in [-0.1, -0.05) is 0 Å². The summed E-state index contributed by atoms with van der Waals surface area (Å²) in [7, 11) is -0.419. The third kappa shape index (κ3) is 3.56. The number of hydrogen-bond donors (Lipinski definition) is 0. The van der Waals surface area contributed by atoms with Crippen molar-refractivity contribution in [2.75, 3.05) is 31.6 Å². The molecular formula is C25H28N6O4S. The minimum atomic E-state index is -3.59. The van der Waals surface area contributed by atoms with Crippen LogP contribution in [-0.2, 0) is 16.8 Å². The zero-order valence-corrected chi connectivity index (χ0v) is 21.3. The molecule has 0 unspecified atom stereocenters. The third-order valence-electron chi connectivity index (χ3n) is 7.16. The monoisotopic (exact) mass is 508 g/mol. The highest BCUT2D eigenvalue weighted by Crippen LogP contribution is 2.38. The SMILES string of the molecule is COc1cc(C=O)cc2nc(-c3cc4ccc(N5CCCN(C)S5(=O)=O)nc4n3CC3CC3)c(C)n12. The van der Waals surface area contributed by atoms with Gasteiger partial charge in [0.25, 0.3) is 0 Å². The number of ether oxygens (including phenoxy) is 1. The van der Waals surface area contributed by atoms with E-state index in [9.17, 15) is 13.2 Å². The van der Waals surface area contributed by atoms with Crippen molar-refractivity contribution in [3.05, 3.63) is 41.6 Å². The zero-order valence-electron chi connectivity index (χ0n) is 20.5. The van der Waals surface area contributed by atoms with E-state index in [-0.39, 0.29) is 0 Å². The summed E-state index contributed by atoms with van der Waals surface area (Å²) in [6.45, 7) is 3.68. The number of hydrogen-bond acceptors (Lipinski definition) is 6. The fourth-order valence-electron chi connectivity index (χ4n) is 5.02. The summed E-state index contributed by atoms with van der Waals surface area (Å²) < 4.78 is 38.3. The van der Waals surface area contributed by atoms with Crippen LogP contribution in [0.5, 0.6) is 5.88 Å². The fourth-order valence-corrected chi connectivity index (χ4v) is 6.42. The van der Waals surface area contributed by atoms with Crippen LogP contribution in [-0.4, -0.2) is 65.2 Å². The predicted octanol–water partition coefficient (Wildman–Crippen LogP) is 3.28. The van der Waals surface area contributed by atoms with Crippen molar-refractivity contribution in [2.45, 2.75) is 32.7 Å². The summed E-state index contributed by atoms with van der Waals surface area (Å²) in [5.41, 5.74) is 4.45. The van der Waals surface area contributed by atoms with Gasteiger partial charge in [-0.15, -0.1) is 0 Å². The minimum absolute atomic E-state index is 0.409. The number of carbonyl (C=O) groups is 1. The van der Waals surface area contributed by atoms with Crippen LogP contribution in [0.15, 0.2) is 30.3 Å². The second-order valence-corrected chi connectivity index (χ2v) is 11.6. The highest BCUT2D eigenvalue weighted by molar-refractivity contribution is 7.90. The Kier molecular flexibility index (Phi) is 5.31. The van der Waals surface area contributed by atoms with Crippen molar-refractivity contribution in [3.8, 4) is 17.3 Å². The van der Waals surface area contributed by atoms with Crippen LogP contribution in [0.3, 0.4) is 0 Å². The van der Waals surface area contributed by atoms with Crippen molar-refractivity contribution in [2.24, 2.45) is 5.92 Å². The second kappa shape index (κ2) is 8.31. The molecular weight excluding hydrogens is 480 g/mol. The number of imidazole rings is 1. The van der Waals surface area contributed by atoms with Crippen LogP contribution < -0.4 is 9.04 Å². The van der Waals surface area contributed by atoms with E-state index in [0.29, 0.717) is 41.9 Å². The molecule has 0 atom stereocenters. The molecule has 10 nitrogen and oxygen atoms in total. The topological polar surface area (TPSA) is 102 Å². The summed E-state index contributed by atoms with van der Waals surface area (Å²) in [5.74, 6) is 1.53. The molecule has 188 valence electrons. The molecule has 5 heterocycles. The lowest BCUT2D eigenvalue weighted by molar-refractivity contribution is 0.112. The number of nitrogens with zero attached hydrogens (tertiary/aromatic N) is 6. The van der Waals surface area contributed by atoms with Gasteiger partial charge in [-0.25, -0.2) is 14.3 Å². The van der Waals surface area contributed by atoms with Crippen LogP contribution in [0.4, 0.5) is 5.82 Å². The van der Waals surface area contributed by atoms with Crippen molar-refractivity contribution >= 4 is 39.0 Å². The van der Waals surface area contributed by atoms with Gasteiger partial charge in [-0.05, 0) is 56.4 Å². The number of fused-ring (bicyclic) bond motifs is 2. The van der Waals surface area contributed by atoms with Crippen molar-refractivity contribution in [1.29, 1.82) is 0 Å². The molecule has 1 aliphatic heterocycles. The van der Waals surface area contributed by atoms with Gasteiger partial charge in [-0.2, -0.15) is 12.7 Å². The lowest BCUT2D eigenvalue weighted by atomic mass is 10.2. The van der Waals surface area contributed by atoms with Gasteiger partial charge >= 0.3 is 10.2 Å². The molecule has 0 spiro atoms. The number of aryl methyl sites for hydroxylation is 1. The Balaban J connectivity index is 1.54. The first-order chi connectivity index (χ1) is 17.3. The Morgan fingerprint density at radius 3 is 2.67 bits per heavy atom. The van der Waals surface area contributed by atoms with Crippen molar-refractivity contribution in [3.63, 3.8) is 0 Å². The average molecular weight is 509 g/mol. The van der Waals surface area contributed by atoms with Gasteiger partial charge in [0.1, 0.15) is 29.1 Å². The van der Waals surface area contributed by atoms with E-state index in [0.717, 1.165) is 60.2 Å². The Hall–Kier alpha value is -3.44.